The molecule has 2 aromatic rings. The van der Waals surface area contributed by atoms with Crippen LogP contribution in [0.4, 0.5) is 0 Å². The molecular formula is C18H25N3O2. The van der Waals surface area contributed by atoms with E-state index in [0.29, 0.717) is 0 Å². The summed E-state index contributed by atoms with van der Waals surface area (Å²) in [5, 5.41) is 0. The molecule has 124 valence electrons. The predicted molar refractivity (Wildman–Crippen MR) is 90.4 cm³/mol. The summed E-state index contributed by atoms with van der Waals surface area (Å²) in [5.74, 6) is 3.09. The number of ether oxygens (including phenoxy) is 1. The van der Waals surface area contributed by atoms with E-state index in [9.17, 15) is 0 Å². The molecule has 1 saturated heterocycles. The number of aromatic nitrogens is 1. The molecular weight excluding hydrogens is 290 g/mol. The van der Waals surface area contributed by atoms with Crippen LogP contribution in [0.5, 0.6) is 5.75 Å². The van der Waals surface area contributed by atoms with Crippen molar-refractivity contribution in [2.45, 2.75) is 13.0 Å². The smallest absolute Gasteiger partial charge is 0.209 e. The summed E-state index contributed by atoms with van der Waals surface area (Å²) in [4.78, 5) is 9.13. The van der Waals surface area contributed by atoms with Gasteiger partial charge in [0.25, 0.3) is 0 Å². The summed E-state index contributed by atoms with van der Waals surface area (Å²) in [6.07, 6.45) is 3.04. The summed E-state index contributed by atoms with van der Waals surface area (Å²) >= 11 is 0. The van der Waals surface area contributed by atoms with Crippen LogP contribution in [0.25, 0.3) is 11.3 Å². The monoisotopic (exact) mass is 315 g/mol. The number of oxazole rings is 1. The maximum Gasteiger partial charge on any atom is 0.209 e. The first-order chi connectivity index (χ1) is 11.2. The first-order valence-corrected chi connectivity index (χ1v) is 8.11. The average Bonchev–Trinajstić information content (AvgIpc) is 3.17. The number of nitrogens with zero attached hydrogens (tertiary/aromatic N) is 3. The molecule has 0 spiro atoms. The standard InChI is InChI=1S/C18H25N3O2/c1-20(2)11-14-8-9-21(12-14)13-18-19-10-17(23-18)15-6-4-5-7-16(15)22-3/h4-7,10,14H,8-9,11-13H2,1-3H3. The van der Waals surface area contributed by atoms with Gasteiger partial charge in [0.15, 0.2) is 5.76 Å². The van der Waals surface area contributed by atoms with Gasteiger partial charge in [-0.25, -0.2) is 4.98 Å². The molecule has 5 heteroatoms. The molecule has 2 heterocycles. The fourth-order valence-corrected chi connectivity index (χ4v) is 3.27. The lowest BCUT2D eigenvalue weighted by Crippen LogP contribution is -2.25. The average molecular weight is 315 g/mol. The maximum absolute atomic E-state index is 5.95. The van der Waals surface area contributed by atoms with E-state index in [1.807, 2.05) is 24.3 Å². The van der Waals surface area contributed by atoms with Crippen LogP contribution in [0.2, 0.25) is 0 Å². The van der Waals surface area contributed by atoms with Gasteiger partial charge < -0.3 is 14.1 Å². The summed E-state index contributed by atoms with van der Waals surface area (Å²) in [5.41, 5.74) is 0.945. The van der Waals surface area contributed by atoms with Crippen LogP contribution < -0.4 is 4.74 Å². The van der Waals surface area contributed by atoms with E-state index >= 15 is 0 Å². The molecule has 5 nitrogen and oxygen atoms in total. The van der Waals surface area contributed by atoms with Gasteiger partial charge in [0.1, 0.15) is 5.75 Å². The maximum atomic E-state index is 5.95. The van der Waals surface area contributed by atoms with Crippen molar-refractivity contribution >= 4 is 0 Å². The van der Waals surface area contributed by atoms with E-state index in [4.69, 9.17) is 9.15 Å². The Bertz CT molecular complexity index is 639. The van der Waals surface area contributed by atoms with Crippen molar-refractivity contribution in [1.82, 2.24) is 14.8 Å². The third-order valence-electron chi connectivity index (χ3n) is 4.28. The third kappa shape index (κ3) is 3.92. The molecule has 1 unspecified atom stereocenters. The molecule has 1 fully saturated rings. The highest BCUT2D eigenvalue weighted by Crippen LogP contribution is 2.30. The Kier molecular flexibility index (Phi) is 4.98. The van der Waals surface area contributed by atoms with E-state index in [2.05, 4.69) is 28.9 Å². The van der Waals surface area contributed by atoms with Crippen LogP contribution in [0.3, 0.4) is 0 Å². The molecule has 0 bridgehead atoms. The summed E-state index contributed by atoms with van der Waals surface area (Å²) in [7, 11) is 5.94. The zero-order chi connectivity index (χ0) is 16.2. The van der Waals surface area contributed by atoms with Crippen molar-refractivity contribution < 1.29 is 9.15 Å². The summed E-state index contributed by atoms with van der Waals surface area (Å²) in [6, 6.07) is 7.86. The predicted octanol–water partition coefficient (Wildman–Crippen LogP) is 2.73. The van der Waals surface area contributed by atoms with Crippen molar-refractivity contribution in [2.24, 2.45) is 5.92 Å². The van der Waals surface area contributed by atoms with Gasteiger partial charge >= 0.3 is 0 Å². The molecule has 1 atom stereocenters. The highest BCUT2D eigenvalue weighted by Gasteiger charge is 2.24. The molecule has 0 aliphatic carbocycles. The highest BCUT2D eigenvalue weighted by molar-refractivity contribution is 5.64. The number of rotatable bonds is 6. The Labute approximate surface area is 137 Å². The lowest BCUT2D eigenvalue weighted by molar-refractivity contribution is 0.265. The van der Waals surface area contributed by atoms with Gasteiger partial charge in [-0.2, -0.15) is 0 Å². The fourth-order valence-electron chi connectivity index (χ4n) is 3.27. The second-order valence-corrected chi connectivity index (χ2v) is 6.47. The SMILES string of the molecule is COc1ccccc1-c1cnc(CN2CCC(CN(C)C)C2)o1. The first kappa shape index (κ1) is 16.0. The van der Waals surface area contributed by atoms with Crippen LogP contribution in [0.1, 0.15) is 12.3 Å². The Balaban J connectivity index is 1.64. The van der Waals surface area contributed by atoms with E-state index in [-0.39, 0.29) is 0 Å². The van der Waals surface area contributed by atoms with Gasteiger partial charge in [-0.1, -0.05) is 12.1 Å². The van der Waals surface area contributed by atoms with Crippen LogP contribution in [0, 0.1) is 5.92 Å². The van der Waals surface area contributed by atoms with Crippen molar-refractivity contribution in [3.8, 4) is 17.1 Å². The number of methoxy groups -OCH3 is 1. The van der Waals surface area contributed by atoms with Crippen molar-refractivity contribution in [3.05, 3.63) is 36.4 Å². The van der Waals surface area contributed by atoms with Gasteiger partial charge in [0.05, 0.1) is 25.4 Å². The van der Waals surface area contributed by atoms with Crippen LogP contribution in [-0.4, -0.2) is 55.6 Å². The van der Waals surface area contributed by atoms with E-state index in [1.165, 1.54) is 6.42 Å². The minimum absolute atomic E-state index is 0.744. The number of hydrogen-bond donors (Lipinski definition) is 0. The van der Waals surface area contributed by atoms with Crippen molar-refractivity contribution in [1.29, 1.82) is 0 Å². The number of benzene rings is 1. The Morgan fingerprint density at radius 1 is 1.35 bits per heavy atom. The zero-order valence-electron chi connectivity index (χ0n) is 14.2. The van der Waals surface area contributed by atoms with Crippen LogP contribution in [0.15, 0.2) is 34.9 Å². The third-order valence-corrected chi connectivity index (χ3v) is 4.28. The lowest BCUT2D eigenvalue weighted by atomic mass is 10.1. The van der Waals surface area contributed by atoms with Gasteiger partial charge in [-0.15, -0.1) is 0 Å². The number of hydrogen-bond acceptors (Lipinski definition) is 5. The lowest BCUT2D eigenvalue weighted by Gasteiger charge is -2.17. The second kappa shape index (κ2) is 7.15. The topological polar surface area (TPSA) is 41.7 Å². The number of para-hydroxylation sites is 1. The molecule has 1 aliphatic rings. The van der Waals surface area contributed by atoms with Gasteiger partial charge in [0, 0.05) is 13.1 Å². The molecule has 1 aromatic carbocycles. The molecule has 23 heavy (non-hydrogen) atoms. The largest absolute Gasteiger partial charge is 0.496 e. The molecule has 0 N–H and O–H groups in total. The summed E-state index contributed by atoms with van der Waals surface area (Å²) in [6.45, 7) is 4.16. The molecule has 1 aliphatic heterocycles. The Hall–Kier alpha value is -1.85. The van der Waals surface area contributed by atoms with Crippen LogP contribution >= 0.6 is 0 Å². The van der Waals surface area contributed by atoms with Gasteiger partial charge in [0.2, 0.25) is 5.89 Å². The highest BCUT2D eigenvalue weighted by atomic mass is 16.5. The molecule has 3 rings (SSSR count). The Morgan fingerprint density at radius 2 is 2.17 bits per heavy atom. The van der Waals surface area contributed by atoms with Gasteiger partial charge in [-0.3, -0.25) is 4.90 Å². The quantitative estimate of drug-likeness (QED) is 0.820. The Morgan fingerprint density at radius 3 is 2.96 bits per heavy atom. The van der Waals surface area contributed by atoms with E-state index in [1.54, 1.807) is 13.3 Å². The van der Waals surface area contributed by atoms with E-state index in [0.717, 1.165) is 55.1 Å². The second-order valence-electron chi connectivity index (χ2n) is 6.47. The molecule has 0 radical (unpaired) electrons. The minimum Gasteiger partial charge on any atom is -0.496 e. The molecule has 0 saturated carbocycles. The first-order valence-electron chi connectivity index (χ1n) is 8.11. The van der Waals surface area contributed by atoms with Gasteiger partial charge in [-0.05, 0) is 45.1 Å². The van der Waals surface area contributed by atoms with E-state index < -0.39 is 0 Å². The normalized spacial score (nSPS) is 18.7. The number of likely N-dealkylation sites (tertiary alicyclic amines) is 1. The zero-order valence-corrected chi connectivity index (χ0v) is 14.2. The van der Waals surface area contributed by atoms with Crippen LogP contribution in [-0.2, 0) is 6.54 Å². The molecule has 0 amide bonds. The van der Waals surface area contributed by atoms with Crippen molar-refractivity contribution in [3.63, 3.8) is 0 Å². The fraction of sp³-hybridized carbons (Fsp3) is 0.500. The summed E-state index contributed by atoms with van der Waals surface area (Å²) < 4.78 is 11.3. The molecule has 1 aromatic heterocycles. The minimum atomic E-state index is 0.744. The van der Waals surface area contributed by atoms with Crippen molar-refractivity contribution in [2.75, 3.05) is 40.8 Å².